The van der Waals surface area contributed by atoms with E-state index in [-0.39, 0.29) is 20.7 Å². The van der Waals surface area contributed by atoms with Gasteiger partial charge in [-0.2, -0.15) is 0 Å². The van der Waals surface area contributed by atoms with Gasteiger partial charge in [0.1, 0.15) is 0 Å². The molecule has 322 valence electrons. The average Bonchev–Trinajstić information content (AvgIpc) is 3.84. The Bertz CT molecular complexity index is 3430. The molecule has 9 aromatic carbocycles. The minimum atomic E-state index is -0.502. The van der Waals surface area contributed by atoms with Gasteiger partial charge in [0.05, 0.1) is 10.8 Å². The first kappa shape index (κ1) is 41.5. The van der Waals surface area contributed by atoms with Gasteiger partial charge in [-0.25, -0.2) is 0 Å². The molecule has 0 saturated carbocycles. The highest BCUT2D eigenvalue weighted by molar-refractivity contribution is 14.2. The van der Waals surface area contributed by atoms with E-state index in [4.69, 9.17) is 0 Å². The molecule has 0 amide bonds. The van der Waals surface area contributed by atoms with Crippen molar-refractivity contribution in [2.24, 2.45) is 0 Å². The van der Waals surface area contributed by atoms with Crippen molar-refractivity contribution in [1.82, 2.24) is 0 Å². The number of rotatable bonds is 8. The zero-order chi connectivity index (χ0) is 45.3. The van der Waals surface area contributed by atoms with Gasteiger partial charge < -0.3 is 0 Å². The molecule has 1 atom stereocenters. The van der Waals surface area contributed by atoms with E-state index in [2.05, 4.69) is 248 Å². The van der Waals surface area contributed by atoms with Gasteiger partial charge in [-0.3, -0.25) is 0 Å². The van der Waals surface area contributed by atoms with Crippen LogP contribution >= 0.6 is 20.7 Å². The Labute approximate surface area is 405 Å². The summed E-state index contributed by atoms with van der Waals surface area (Å²) in [4.78, 5) is 0. The average molecular weight is 971 g/mol. The summed E-state index contributed by atoms with van der Waals surface area (Å²) >= 11 is -0.0244. The molecule has 1 aliphatic heterocycles. The first-order valence-corrected chi connectivity index (χ1v) is 26.0. The summed E-state index contributed by atoms with van der Waals surface area (Å²) in [5.74, 6) is 0. The van der Waals surface area contributed by atoms with Gasteiger partial charge in [-0.05, 0) is 161 Å². The molecule has 0 N–H and O–H groups in total. The van der Waals surface area contributed by atoms with Crippen LogP contribution in [0.2, 0.25) is 0 Å². The zero-order valence-corrected chi connectivity index (χ0v) is 40.6. The lowest BCUT2D eigenvalue weighted by Gasteiger charge is -2.34. The van der Waals surface area contributed by atoms with E-state index in [0.29, 0.717) is 0 Å². The van der Waals surface area contributed by atoms with Crippen molar-refractivity contribution in [3.05, 3.63) is 300 Å². The molecule has 0 aromatic heterocycles. The molecule has 0 fully saturated rings. The van der Waals surface area contributed by atoms with Crippen LogP contribution in [0.15, 0.2) is 216 Å². The van der Waals surface area contributed by atoms with Crippen molar-refractivity contribution >= 4 is 30.3 Å². The van der Waals surface area contributed by atoms with E-state index in [1.54, 1.807) is 0 Å². The third-order valence-corrected chi connectivity index (χ3v) is 16.4. The lowest BCUT2D eigenvalue weighted by Crippen LogP contribution is -2.28. The van der Waals surface area contributed by atoms with Crippen molar-refractivity contribution in [1.29, 1.82) is 0 Å². The monoisotopic (exact) mass is 970 g/mol. The molecule has 1 heteroatoms. The van der Waals surface area contributed by atoms with E-state index in [1.165, 1.54) is 122 Å². The normalized spacial score (nSPS) is 16.1. The van der Waals surface area contributed by atoms with Gasteiger partial charge in [-0.15, -0.1) is 0 Å². The van der Waals surface area contributed by atoms with Gasteiger partial charge in [-0.1, -0.05) is 237 Å². The minimum absolute atomic E-state index is 0.0244. The van der Waals surface area contributed by atoms with E-state index in [0.717, 1.165) is 6.42 Å². The maximum Gasteiger partial charge on any atom is 0.0713 e. The molecule has 9 aromatic rings. The van der Waals surface area contributed by atoms with Crippen LogP contribution in [0, 0.1) is 27.7 Å². The van der Waals surface area contributed by atoms with Gasteiger partial charge in [0.15, 0.2) is 0 Å². The molecule has 1 unspecified atom stereocenters. The molecule has 67 heavy (non-hydrogen) atoms. The maximum absolute atomic E-state index is 2.51. The summed E-state index contributed by atoms with van der Waals surface area (Å²) in [5.41, 5.74) is 27.7. The highest BCUT2D eigenvalue weighted by atomic mass is 127. The highest BCUT2D eigenvalue weighted by Gasteiger charge is 2.48. The van der Waals surface area contributed by atoms with Crippen LogP contribution in [-0.2, 0) is 17.3 Å². The van der Waals surface area contributed by atoms with Crippen molar-refractivity contribution in [2.75, 3.05) is 0 Å². The Morgan fingerprint density at radius 3 is 1.39 bits per heavy atom. The lowest BCUT2D eigenvalue weighted by atomic mass is 9.67. The van der Waals surface area contributed by atoms with Crippen LogP contribution in [0.5, 0.6) is 0 Å². The van der Waals surface area contributed by atoms with Crippen molar-refractivity contribution in [3.8, 4) is 33.4 Å². The van der Waals surface area contributed by atoms with Gasteiger partial charge in [0, 0.05) is 0 Å². The molecule has 0 spiro atoms. The minimum Gasteiger partial charge on any atom is -0.0937 e. The molecule has 12 rings (SSSR count). The summed E-state index contributed by atoms with van der Waals surface area (Å²) < 4.78 is 4.77. The quantitative estimate of drug-likeness (QED) is 0.133. The Kier molecular flexibility index (Phi) is 10.2. The molecule has 0 radical (unpaired) electrons. The van der Waals surface area contributed by atoms with E-state index in [9.17, 15) is 0 Å². The summed E-state index contributed by atoms with van der Waals surface area (Å²) in [5, 5.41) is 0. The van der Waals surface area contributed by atoms with Gasteiger partial charge in [0.25, 0.3) is 0 Å². The fourth-order valence-corrected chi connectivity index (χ4v) is 13.1. The van der Waals surface area contributed by atoms with Crippen LogP contribution in [0.4, 0.5) is 0 Å². The molecule has 2 aliphatic carbocycles. The smallest absolute Gasteiger partial charge is 0.0713 e. The van der Waals surface area contributed by atoms with Crippen LogP contribution in [-0.4, -0.2) is 4.01 Å². The Hall–Kier alpha value is -6.94. The lowest BCUT2D eigenvalue weighted by molar-refractivity contribution is 0.766. The van der Waals surface area contributed by atoms with E-state index < -0.39 is 10.8 Å². The highest BCUT2D eigenvalue weighted by Crippen LogP contribution is 2.60. The number of halogens is 1. The van der Waals surface area contributed by atoms with Crippen LogP contribution in [0.25, 0.3) is 39.0 Å². The molecular weight excluding hydrogens is 920 g/mol. The van der Waals surface area contributed by atoms with E-state index in [1.807, 2.05) is 0 Å². The predicted octanol–water partition coefficient (Wildman–Crippen LogP) is 16.6. The second-order valence-corrected chi connectivity index (χ2v) is 21.0. The second kappa shape index (κ2) is 16.4. The Morgan fingerprint density at radius 1 is 0.388 bits per heavy atom. The topological polar surface area (TPSA) is 0 Å². The van der Waals surface area contributed by atoms with E-state index >= 15 is 0 Å². The third kappa shape index (κ3) is 6.57. The number of benzene rings is 9. The number of aryl methyl sites for hydroxylation is 4. The van der Waals surface area contributed by atoms with Crippen LogP contribution in [0.3, 0.4) is 0 Å². The molecule has 0 nitrogen and oxygen atoms in total. The summed E-state index contributed by atoms with van der Waals surface area (Å²) in [6, 6.07) is 77.1. The number of hydrogen-bond acceptors (Lipinski definition) is 0. The molecule has 3 aliphatic rings. The Balaban J connectivity index is 1.07. The number of hydrogen-bond donors (Lipinski definition) is 0. The van der Waals surface area contributed by atoms with Gasteiger partial charge in [0.2, 0.25) is 0 Å². The standard InChI is InChI=1S/C66H51I/c1-43-16-26-48(27-17-43)50-41-51(63-57-10-5-7-13-59(57)66(62(63)42-50,53-30-20-45(3)21-31-53)54-32-22-46(4)23-33-54)40-47-24-34-55(35-25-47)65(52-28-18-44(2)19-29-52)60-14-8-6-11-58(60)64-56(12-9-15-61(64)65)49-36-38-67-39-37-49/h5-39,41-42H,40H2,1-4H3. The fourth-order valence-electron chi connectivity index (χ4n) is 11.7. The van der Waals surface area contributed by atoms with Gasteiger partial charge >= 0.3 is 0 Å². The third-order valence-electron chi connectivity index (χ3n) is 14.9. The zero-order valence-electron chi connectivity index (χ0n) is 38.4. The number of fused-ring (bicyclic) bond motifs is 6. The second-order valence-electron chi connectivity index (χ2n) is 18.9. The first-order valence-electron chi connectivity index (χ1n) is 23.5. The van der Waals surface area contributed by atoms with Crippen LogP contribution in [0.1, 0.15) is 83.5 Å². The SMILES string of the molecule is Cc1ccc(-c2cc(Cc3ccc(C4(c5ccc(C)cc5)c5ccccc5-c5c(C6=CC=IC=C6)cccc54)cc3)c3c(c2)C(c2ccc(C)cc2)(c2ccc(C)cc2)c2ccccc2-3)cc1. The summed E-state index contributed by atoms with van der Waals surface area (Å²) in [7, 11) is 0. The van der Waals surface area contributed by atoms with Crippen molar-refractivity contribution < 1.29 is 0 Å². The molecule has 0 bridgehead atoms. The van der Waals surface area contributed by atoms with Crippen LogP contribution < -0.4 is 0 Å². The summed E-state index contributed by atoms with van der Waals surface area (Å²) in [6.07, 6.45) is 5.49. The fraction of sp³-hybridized carbons (Fsp3) is 0.106. The molecule has 1 heterocycles. The Morgan fingerprint density at radius 2 is 0.851 bits per heavy atom. The number of allylic oxidation sites excluding steroid dienone is 3. The predicted molar refractivity (Wildman–Crippen MR) is 292 cm³/mol. The summed E-state index contributed by atoms with van der Waals surface area (Å²) in [6.45, 7) is 8.74. The van der Waals surface area contributed by atoms with Crippen molar-refractivity contribution in [2.45, 2.75) is 44.9 Å². The first-order chi connectivity index (χ1) is 32.8. The largest absolute Gasteiger partial charge is 0.0937 e. The maximum atomic E-state index is 2.51. The van der Waals surface area contributed by atoms with Crippen molar-refractivity contribution in [3.63, 3.8) is 0 Å². The molecule has 0 saturated heterocycles. The molecular formula is C66H51I.